The minimum Gasteiger partial charge on any atom is -0.460 e. The predicted octanol–water partition coefficient (Wildman–Crippen LogP) is 3.96. The molecule has 166 valence electrons. The van der Waals surface area contributed by atoms with Crippen molar-refractivity contribution in [3.05, 3.63) is 42.4 Å². The van der Waals surface area contributed by atoms with Crippen molar-refractivity contribution in [2.45, 2.75) is 76.9 Å². The zero-order chi connectivity index (χ0) is 21.5. The lowest BCUT2D eigenvalue weighted by Crippen LogP contribution is -2.39. The molecule has 0 spiro atoms. The monoisotopic (exact) mass is 424 g/mol. The third-order valence-corrected chi connectivity index (χ3v) is 6.58. The average Bonchev–Trinajstić information content (AvgIpc) is 3.33. The van der Waals surface area contributed by atoms with E-state index in [0.29, 0.717) is 18.2 Å². The van der Waals surface area contributed by atoms with Crippen molar-refractivity contribution in [3.63, 3.8) is 0 Å². The molecule has 0 aromatic carbocycles. The van der Waals surface area contributed by atoms with Crippen LogP contribution in [-0.4, -0.2) is 32.7 Å². The van der Waals surface area contributed by atoms with Gasteiger partial charge in [0.2, 0.25) is 5.91 Å². The fourth-order valence-electron chi connectivity index (χ4n) is 4.82. The van der Waals surface area contributed by atoms with Crippen LogP contribution in [0.3, 0.4) is 0 Å². The summed E-state index contributed by atoms with van der Waals surface area (Å²) in [6, 6.07) is 5.74. The topological polar surface area (TPSA) is 86.1 Å². The number of carbonyl (C=O) groups excluding carboxylic acids is 2. The smallest absolute Gasteiger partial charge is 0.309 e. The van der Waals surface area contributed by atoms with E-state index in [1.54, 1.807) is 17.1 Å². The number of carbonyl (C=O) groups is 2. The SMILES string of the molecule is O=C(CC1CCCCC1)NC1CCC(C(=O)OCc2cccnc2-n2cccn2)CC1. The largest absolute Gasteiger partial charge is 0.460 e. The number of amides is 1. The van der Waals surface area contributed by atoms with Gasteiger partial charge in [-0.15, -0.1) is 0 Å². The van der Waals surface area contributed by atoms with Crippen LogP contribution in [-0.2, 0) is 20.9 Å². The zero-order valence-electron chi connectivity index (χ0n) is 18.0. The van der Waals surface area contributed by atoms with Crippen LogP contribution in [0.5, 0.6) is 0 Å². The minimum absolute atomic E-state index is 0.101. The van der Waals surface area contributed by atoms with E-state index < -0.39 is 0 Å². The van der Waals surface area contributed by atoms with Gasteiger partial charge in [0.25, 0.3) is 0 Å². The molecule has 2 aliphatic carbocycles. The Bertz CT molecular complexity index is 853. The number of esters is 1. The van der Waals surface area contributed by atoms with E-state index >= 15 is 0 Å². The second kappa shape index (κ2) is 10.6. The molecule has 2 aromatic heterocycles. The molecule has 0 radical (unpaired) electrons. The van der Waals surface area contributed by atoms with Crippen molar-refractivity contribution < 1.29 is 14.3 Å². The third-order valence-electron chi connectivity index (χ3n) is 6.58. The highest BCUT2D eigenvalue weighted by Gasteiger charge is 2.29. The maximum Gasteiger partial charge on any atom is 0.309 e. The van der Waals surface area contributed by atoms with E-state index in [9.17, 15) is 9.59 Å². The quantitative estimate of drug-likeness (QED) is 0.680. The molecule has 7 nitrogen and oxygen atoms in total. The highest BCUT2D eigenvalue weighted by molar-refractivity contribution is 5.76. The van der Waals surface area contributed by atoms with Gasteiger partial charge in [-0.05, 0) is 56.6 Å². The fourth-order valence-corrected chi connectivity index (χ4v) is 4.82. The maximum absolute atomic E-state index is 12.6. The molecule has 7 heteroatoms. The van der Waals surface area contributed by atoms with Crippen LogP contribution in [0.4, 0.5) is 0 Å². The Kier molecular flexibility index (Phi) is 7.33. The highest BCUT2D eigenvalue weighted by atomic mass is 16.5. The van der Waals surface area contributed by atoms with Gasteiger partial charge in [0.05, 0.1) is 5.92 Å². The number of nitrogens with zero attached hydrogens (tertiary/aromatic N) is 3. The van der Waals surface area contributed by atoms with Crippen LogP contribution in [0.25, 0.3) is 5.82 Å². The van der Waals surface area contributed by atoms with Crippen molar-refractivity contribution in [2.75, 3.05) is 0 Å². The van der Waals surface area contributed by atoms with Crippen LogP contribution >= 0.6 is 0 Å². The molecule has 2 saturated carbocycles. The van der Waals surface area contributed by atoms with Crippen LogP contribution in [0.2, 0.25) is 0 Å². The molecule has 0 saturated heterocycles. The van der Waals surface area contributed by atoms with Crippen LogP contribution < -0.4 is 5.32 Å². The van der Waals surface area contributed by atoms with E-state index in [1.165, 1.54) is 32.1 Å². The summed E-state index contributed by atoms with van der Waals surface area (Å²) in [6.45, 7) is 0.180. The van der Waals surface area contributed by atoms with E-state index in [2.05, 4.69) is 15.4 Å². The number of ether oxygens (including phenoxy) is 1. The Morgan fingerprint density at radius 2 is 1.84 bits per heavy atom. The first-order chi connectivity index (χ1) is 15.2. The van der Waals surface area contributed by atoms with Gasteiger partial charge in [-0.25, -0.2) is 9.67 Å². The Labute approximate surface area is 183 Å². The summed E-state index contributed by atoms with van der Waals surface area (Å²) in [5.41, 5.74) is 0.822. The summed E-state index contributed by atoms with van der Waals surface area (Å²) in [5.74, 6) is 1.14. The number of rotatable bonds is 7. The van der Waals surface area contributed by atoms with Crippen LogP contribution in [0.15, 0.2) is 36.8 Å². The number of hydrogen-bond acceptors (Lipinski definition) is 5. The lowest BCUT2D eigenvalue weighted by molar-refractivity contribution is -0.151. The van der Waals surface area contributed by atoms with Gasteiger partial charge in [0.1, 0.15) is 6.61 Å². The first kappa shape index (κ1) is 21.5. The Morgan fingerprint density at radius 3 is 2.58 bits per heavy atom. The highest BCUT2D eigenvalue weighted by Crippen LogP contribution is 2.28. The van der Waals surface area contributed by atoms with Gasteiger partial charge in [0, 0.05) is 36.6 Å². The van der Waals surface area contributed by atoms with Gasteiger partial charge in [-0.3, -0.25) is 9.59 Å². The lowest BCUT2D eigenvalue weighted by atomic mass is 9.85. The fraction of sp³-hybridized carbons (Fsp3) is 0.583. The van der Waals surface area contributed by atoms with Crippen molar-refractivity contribution in [1.29, 1.82) is 0 Å². The Hall–Kier alpha value is -2.70. The normalized spacial score (nSPS) is 22.1. The maximum atomic E-state index is 12.6. The van der Waals surface area contributed by atoms with E-state index in [4.69, 9.17) is 4.74 Å². The third kappa shape index (κ3) is 5.93. The zero-order valence-corrected chi connectivity index (χ0v) is 18.0. The Morgan fingerprint density at radius 1 is 1.03 bits per heavy atom. The summed E-state index contributed by atoms with van der Waals surface area (Å²) < 4.78 is 7.29. The first-order valence-corrected chi connectivity index (χ1v) is 11.6. The molecule has 2 fully saturated rings. The number of aromatic nitrogens is 3. The van der Waals surface area contributed by atoms with E-state index in [-0.39, 0.29) is 30.4 Å². The standard InChI is InChI=1S/C24H32N4O3/c29-22(16-18-6-2-1-3-7-18)27-21-11-9-19(10-12-21)24(30)31-17-20-8-4-13-25-23(20)28-15-5-14-26-28/h4-5,8,13-15,18-19,21H,1-3,6-7,9-12,16-17H2,(H,27,29). The molecule has 0 atom stereocenters. The number of nitrogens with one attached hydrogen (secondary N) is 1. The number of hydrogen-bond donors (Lipinski definition) is 1. The molecular weight excluding hydrogens is 392 g/mol. The molecule has 31 heavy (non-hydrogen) atoms. The summed E-state index contributed by atoms with van der Waals surface area (Å²) in [4.78, 5) is 29.3. The number of pyridine rings is 1. The molecule has 0 aliphatic heterocycles. The summed E-state index contributed by atoms with van der Waals surface area (Å²) >= 11 is 0. The molecule has 0 bridgehead atoms. The molecule has 1 N–H and O–H groups in total. The molecule has 1 amide bonds. The second-order valence-electron chi connectivity index (χ2n) is 8.87. The summed E-state index contributed by atoms with van der Waals surface area (Å²) in [7, 11) is 0. The molecule has 2 aliphatic rings. The molecular formula is C24H32N4O3. The van der Waals surface area contributed by atoms with Gasteiger partial charge < -0.3 is 10.1 Å². The second-order valence-corrected chi connectivity index (χ2v) is 8.87. The molecule has 0 unspecified atom stereocenters. The van der Waals surface area contributed by atoms with E-state index in [1.807, 2.05) is 24.4 Å². The first-order valence-electron chi connectivity index (χ1n) is 11.6. The molecule has 2 heterocycles. The van der Waals surface area contributed by atoms with Crippen molar-refractivity contribution in [3.8, 4) is 5.82 Å². The van der Waals surface area contributed by atoms with Crippen LogP contribution in [0, 0.1) is 11.8 Å². The lowest BCUT2D eigenvalue weighted by Gasteiger charge is -2.29. The van der Waals surface area contributed by atoms with Gasteiger partial charge in [-0.1, -0.05) is 25.3 Å². The molecule has 2 aromatic rings. The van der Waals surface area contributed by atoms with E-state index in [0.717, 1.165) is 31.2 Å². The van der Waals surface area contributed by atoms with Crippen molar-refractivity contribution >= 4 is 11.9 Å². The Balaban J connectivity index is 1.21. The van der Waals surface area contributed by atoms with Gasteiger partial charge >= 0.3 is 5.97 Å². The van der Waals surface area contributed by atoms with Gasteiger partial charge in [-0.2, -0.15) is 5.10 Å². The van der Waals surface area contributed by atoms with Crippen molar-refractivity contribution in [2.24, 2.45) is 11.8 Å². The summed E-state index contributed by atoms with van der Waals surface area (Å²) in [6.07, 6.45) is 15.2. The van der Waals surface area contributed by atoms with Crippen LogP contribution in [0.1, 0.15) is 69.8 Å². The summed E-state index contributed by atoms with van der Waals surface area (Å²) in [5, 5.41) is 7.41. The predicted molar refractivity (Wildman–Crippen MR) is 116 cm³/mol. The minimum atomic E-state index is -0.165. The van der Waals surface area contributed by atoms with Crippen molar-refractivity contribution in [1.82, 2.24) is 20.1 Å². The van der Waals surface area contributed by atoms with Gasteiger partial charge in [0.15, 0.2) is 5.82 Å². The average molecular weight is 425 g/mol. The molecule has 4 rings (SSSR count).